The molecule has 21 heavy (non-hydrogen) atoms. The van der Waals surface area contributed by atoms with Crippen molar-refractivity contribution >= 4 is 16.7 Å². The van der Waals surface area contributed by atoms with E-state index < -0.39 is 0 Å². The van der Waals surface area contributed by atoms with Gasteiger partial charge in [-0.25, -0.2) is 5.10 Å². The molecule has 0 aliphatic heterocycles. The second kappa shape index (κ2) is 5.24. The molecule has 1 atom stereocenters. The largest absolute Gasteiger partial charge is 0.467 e. The van der Waals surface area contributed by atoms with Crippen LogP contribution in [-0.4, -0.2) is 16.1 Å². The van der Waals surface area contributed by atoms with Crippen LogP contribution in [0.25, 0.3) is 10.8 Å². The van der Waals surface area contributed by atoms with E-state index in [9.17, 15) is 9.59 Å². The molecule has 2 aromatic heterocycles. The summed E-state index contributed by atoms with van der Waals surface area (Å²) in [7, 11) is 0. The lowest BCUT2D eigenvalue weighted by Crippen LogP contribution is -2.28. The summed E-state index contributed by atoms with van der Waals surface area (Å²) in [5, 5.41) is 9.95. The number of hydrogen-bond acceptors (Lipinski definition) is 4. The predicted octanol–water partition coefficient (Wildman–Crippen LogP) is 2.01. The van der Waals surface area contributed by atoms with Gasteiger partial charge in [0.25, 0.3) is 11.5 Å². The third-order valence-corrected chi connectivity index (χ3v) is 3.23. The van der Waals surface area contributed by atoms with Crippen molar-refractivity contribution in [1.82, 2.24) is 15.5 Å². The predicted molar refractivity (Wildman–Crippen MR) is 77.0 cm³/mol. The molecule has 0 bridgehead atoms. The molecule has 0 saturated heterocycles. The summed E-state index contributed by atoms with van der Waals surface area (Å²) in [5.41, 5.74) is -0.134. The van der Waals surface area contributed by atoms with E-state index in [1.54, 1.807) is 42.7 Å². The van der Waals surface area contributed by atoms with Crippen molar-refractivity contribution in [2.45, 2.75) is 13.0 Å². The Balaban J connectivity index is 1.95. The lowest BCUT2D eigenvalue weighted by Gasteiger charge is -2.11. The Morgan fingerprint density at radius 1 is 1.24 bits per heavy atom. The molecule has 0 radical (unpaired) electrons. The molecule has 3 aromatic rings. The summed E-state index contributed by atoms with van der Waals surface area (Å²) < 4.78 is 5.25. The molecule has 106 valence electrons. The molecule has 0 aliphatic carbocycles. The fraction of sp³-hybridized carbons (Fsp3) is 0.133. The van der Waals surface area contributed by atoms with Gasteiger partial charge in [-0.1, -0.05) is 18.2 Å². The number of nitrogens with one attached hydrogen (secondary N) is 2. The second-order valence-corrected chi connectivity index (χ2v) is 4.66. The van der Waals surface area contributed by atoms with E-state index in [0.717, 1.165) is 0 Å². The van der Waals surface area contributed by atoms with E-state index in [2.05, 4.69) is 15.5 Å². The van der Waals surface area contributed by atoms with Gasteiger partial charge in [-0.2, -0.15) is 5.10 Å². The highest BCUT2D eigenvalue weighted by atomic mass is 16.3. The molecule has 2 N–H and O–H groups in total. The topological polar surface area (TPSA) is 88.0 Å². The molecule has 0 spiro atoms. The molecule has 6 heteroatoms. The molecule has 1 amide bonds. The van der Waals surface area contributed by atoms with Gasteiger partial charge in [-0.15, -0.1) is 0 Å². The number of benzene rings is 1. The zero-order valence-corrected chi connectivity index (χ0v) is 11.3. The SMILES string of the molecule is C[C@H](NC(=O)c1n[nH]c(=O)c2ccccc12)c1ccco1. The molecule has 6 nitrogen and oxygen atoms in total. The Morgan fingerprint density at radius 3 is 2.71 bits per heavy atom. The van der Waals surface area contributed by atoms with Crippen molar-refractivity contribution in [3.63, 3.8) is 0 Å². The van der Waals surface area contributed by atoms with E-state index in [1.807, 2.05) is 6.92 Å². The van der Waals surface area contributed by atoms with E-state index >= 15 is 0 Å². The number of furan rings is 1. The third-order valence-electron chi connectivity index (χ3n) is 3.23. The summed E-state index contributed by atoms with van der Waals surface area (Å²) >= 11 is 0. The van der Waals surface area contributed by atoms with E-state index in [1.165, 1.54) is 0 Å². The first kappa shape index (κ1) is 13.1. The van der Waals surface area contributed by atoms with Crippen molar-refractivity contribution in [2.24, 2.45) is 0 Å². The Hall–Kier alpha value is -2.89. The van der Waals surface area contributed by atoms with Crippen LogP contribution in [0.2, 0.25) is 0 Å². The van der Waals surface area contributed by atoms with Crippen LogP contribution in [0.3, 0.4) is 0 Å². The highest BCUT2D eigenvalue weighted by Gasteiger charge is 2.17. The standard InChI is InChI=1S/C15H13N3O3/c1-9(12-7-4-8-21-12)16-15(20)13-10-5-2-3-6-11(10)14(19)18-17-13/h2-9H,1H3,(H,16,20)(H,18,19)/t9-/m0/s1. The van der Waals surface area contributed by atoms with Crippen LogP contribution in [0.1, 0.15) is 29.2 Å². The van der Waals surface area contributed by atoms with Gasteiger partial charge in [-0.05, 0) is 25.1 Å². The van der Waals surface area contributed by atoms with Crippen molar-refractivity contribution < 1.29 is 9.21 Å². The number of rotatable bonds is 3. The van der Waals surface area contributed by atoms with Gasteiger partial charge in [0, 0.05) is 5.39 Å². The smallest absolute Gasteiger partial charge is 0.272 e. The minimum atomic E-state index is -0.369. The van der Waals surface area contributed by atoms with Gasteiger partial charge in [0.15, 0.2) is 5.69 Å². The Kier molecular flexibility index (Phi) is 3.27. The van der Waals surface area contributed by atoms with Gasteiger partial charge in [0.2, 0.25) is 0 Å². The van der Waals surface area contributed by atoms with E-state index in [-0.39, 0.29) is 23.2 Å². The van der Waals surface area contributed by atoms with E-state index in [4.69, 9.17) is 4.42 Å². The maximum Gasteiger partial charge on any atom is 0.272 e. The van der Waals surface area contributed by atoms with Gasteiger partial charge in [0.05, 0.1) is 17.7 Å². The van der Waals surface area contributed by atoms with Crippen LogP contribution in [0.4, 0.5) is 0 Å². The highest BCUT2D eigenvalue weighted by molar-refractivity contribution is 6.04. The summed E-state index contributed by atoms with van der Waals surface area (Å²) in [5.74, 6) is 0.281. The number of H-pyrrole nitrogens is 1. The van der Waals surface area contributed by atoms with Gasteiger partial charge in [-0.3, -0.25) is 9.59 Å². The van der Waals surface area contributed by atoms with Crippen LogP contribution < -0.4 is 10.9 Å². The van der Waals surface area contributed by atoms with Crippen LogP contribution in [0.15, 0.2) is 51.9 Å². The lowest BCUT2D eigenvalue weighted by molar-refractivity contribution is 0.0931. The number of carbonyl (C=O) groups excluding carboxylic acids is 1. The lowest BCUT2D eigenvalue weighted by atomic mass is 10.1. The van der Waals surface area contributed by atoms with Gasteiger partial charge >= 0.3 is 0 Å². The summed E-state index contributed by atoms with van der Waals surface area (Å²) in [6.07, 6.45) is 1.55. The zero-order valence-electron chi connectivity index (χ0n) is 11.3. The van der Waals surface area contributed by atoms with Crippen LogP contribution in [0, 0.1) is 0 Å². The highest BCUT2D eigenvalue weighted by Crippen LogP contribution is 2.16. The maximum absolute atomic E-state index is 12.3. The van der Waals surface area contributed by atoms with Crippen LogP contribution >= 0.6 is 0 Å². The van der Waals surface area contributed by atoms with Crippen molar-refractivity contribution in [3.05, 3.63) is 64.5 Å². The molecule has 1 aromatic carbocycles. The number of amides is 1. The summed E-state index contributed by atoms with van der Waals surface area (Å²) in [6, 6.07) is 10.1. The Morgan fingerprint density at radius 2 is 2.00 bits per heavy atom. The molecule has 3 rings (SSSR count). The van der Waals surface area contributed by atoms with Gasteiger partial charge < -0.3 is 9.73 Å². The fourth-order valence-corrected chi connectivity index (χ4v) is 2.16. The summed E-state index contributed by atoms with van der Waals surface area (Å²) in [4.78, 5) is 24.0. The Labute approximate surface area is 119 Å². The number of carbonyl (C=O) groups is 1. The average molecular weight is 283 g/mol. The molecule has 2 heterocycles. The number of hydrogen-bond donors (Lipinski definition) is 2. The van der Waals surface area contributed by atoms with Crippen LogP contribution in [0.5, 0.6) is 0 Å². The molecular weight excluding hydrogens is 270 g/mol. The van der Waals surface area contributed by atoms with Crippen LogP contribution in [-0.2, 0) is 0 Å². The number of nitrogens with zero attached hydrogens (tertiary/aromatic N) is 1. The first-order chi connectivity index (χ1) is 10.2. The minimum Gasteiger partial charge on any atom is -0.467 e. The summed E-state index contributed by atoms with van der Waals surface area (Å²) in [6.45, 7) is 1.81. The van der Waals surface area contributed by atoms with Gasteiger partial charge in [0.1, 0.15) is 5.76 Å². The minimum absolute atomic E-state index is 0.184. The second-order valence-electron chi connectivity index (χ2n) is 4.66. The third kappa shape index (κ3) is 2.43. The monoisotopic (exact) mass is 283 g/mol. The normalized spacial score (nSPS) is 12.2. The number of aromatic amines is 1. The zero-order chi connectivity index (χ0) is 14.8. The molecule has 0 fully saturated rings. The molecule has 0 saturated carbocycles. The number of fused-ring (bicyclic) bond motifs is 1. The number of aromatic nitrogens is 2. The Bertz CT molecular complexity index is 837. The van der Waals surface area contributed by atoms with Crippen molar-refractivity contribution in [1.29, 1.82) is 0 Å². The molecule has 0 aliphatic rings. The van der Waals surface area contributed by atoms with Crippen molar-refractivity contribution in [2.75, 3.05) is 0 Å². The fourth-order valence-electron chi connectivity index (χ4n) is 2.16. The first-order valence-electron chi connectivity index (χ1n) is 6.48. The van der Waals surface area contributed by atoms with Crippen molar-refractivity contribution in [3.8, 4) is 0 Å². The average Bonchev–Trinajstić information content (AvgIpc) is 3.02. The molecule has 0 unspecified atom stereocenters. The quantitative estimate of drug-likeness (QED) is 0.769. The van der Waals surface area contributed by atoms with E-state index in [0.29, 0.717) is 16.5 Å². The first-order valence-corrected chi connectivity index (χ1v) is 6.48. The maximum atomic E-state index is 12.3. The molecular formula is C15H13N3O3.